The van der Waals surface area contributed by atoms with Gasteiger partial charge >= 0.3 is 0 Å². The third-order valence-corrected chi connectivity index (χ3v) is 5.20. The van der Waals surface area contributed by atoms with E-state index in [1.165, 1.54) is 32.1 Å². The van der Waals surface area contributed by atoms with Crippen molar-refractivity contribution in [2.75, 3.05) is 6.54 Å². The zero-order valence-corrected chi connectivity index (χ0v) is 17.0. The van der Waals surface area contributed by atoms with Gasteiger partial charge < -0.3 is 5.32 Å². The van der Waals surface area contributed by atoms with Crippen molar-refractivity contribution in [3.8, 4) is 11.3 Å². The van der Waals surface area contributed by atoms with E-state index in [0.29, 0.717) is 5.56 Å². The smallest absolute Gasteiger partial charge is 0.252 e. The molecule has 0 fully saturated rings. The summed E-state index contributed by atoms with van der Waals surface area (Å²) in [7, 11) is 0. The van der Waals surface area contributed by atoms with E-state index in [2.05, 4.69) is 31.3 Å². The Hall–Kier alpha value is -2.68. The summed E-state index contributed by atoms with van der Waals surface area (Å²) < 4.78 is 0. The number of unbranched alkanes of at least 4 members (excludes halogenated alkanes) is 5. The van der Waals surface area contributed by atoms with Crippen molar-refractivity contribution in [3.05, 3.63) is 65.7 Å². The molecular weight excluding hydrogens is 344 g/mol. The van der Waals surface area contributed by atoms with Gasteiger partial charge in [0.1, 0.15) is 0 Å². The van der Waals surface area contributed by atoms with Crippen LogP contribution >= 0.6 is 0 Å². The molecular formula is C25H30N2O. The minimum absolute atomic E-state index is 0.0120. The molecule has 28 heavy (non-hydrogen) atoms. The number of nitrogens with zero attached hydrogens (tertiary/aromatic N) is 1. The van der Waals surface area contributed by atoms with Crippen LogP contribution in [-0.2, 0) is 0 Å². The summed E-state index contributed by atoms with van der Waals surface area (Å²) in [6, 6.07) is 18.0. The standard InChI is InChI=1S/C25H30N2O/c1-3-4-5-6-7-12-17-26-25(28)22-18-24(20-14-9-8-13-19(20)2)27-23-16-11-10-15-21(22)23/h8-11,13-16,18H,3-7,12,17H2,1-2H3,(H,26,28). The predicted molar refractivity (Wildman–Crippen MR) is 118 cm³/mol. The fraction of sp³-hybridized carbons (Fsp3) is 0.360. The van der Waals surface area contributed by atoms with E-state index >= 15 is 0 Å². The number of para-hydroxylation sites is 1. The minimum Gasteiger partial charge on any atom is -0.352 e. The molecule has 0 atom stereocenters. The third kappa shape index (κ3) is 4.98. The number of rotatable bonds is 9. The van der Waals surface area contributed by atoms with Gasteiger partial charge in [-0.15, -0.1) is 0 Å². The van der Waals surface area contributed by atoms with E-state index in [4.69, 9.17) is 4.98 Å². The topological polar surface area (TPSA) is 42.0 Å². The zero-order valence-electron chi connectivity index (χ0n) is 17.0. The van der Waals surface area contributed by atoms with Gasteiger partial charge in [0.25, 0.3) is 5.91 Å². The molecule has 146 valence electrons. The Morgan fingerprint density at radius 1 is 0.929 bits per heavy atom. The van der Waals surface area contributed by atoms with Gasteiger partial charge in [-0.25, -0.2) is 4.98 Å². The van der Waals surface area contributed by atoms with Gasteiger partial charge in [-0.3, -0.25) is 4.79 Å². The van der Waals surface area contributed by atoms with Crippen molar-refractivity contribution < 1.29 is 4.79 Å². The maximum absolute atomic E-state index is 12.9. The molecule has 1 N–H and O–H groups in total. The van der Waals surface area contributed by atoms with Crippen LogP contribution in [0, 0.1) is 6.92 Å². The molecule has 0 radical (unpaired) electrons. The highest BCUT2D eigenvalue weighted by molar-refractivity contribution is 6.07. The molecule has 2 aromatic carbocycles. The number of nitrogens with one attached hydrogen (secondary N) is 1. The molecule has 3 rings (SSSR count). The molecule has 0 saturated carbocycles. The summed E-state index contributed by atoms with van der Waals surface area (Å²) in [4.78, 5) is 17.7. The first-order valence-electron chi connectivity index (χ1n) is 10.4. The normalized spacial score (nSPS) is 10.9. The summed E-state index contributed by atoms with van der Waals surface area (Å²) >= 11 is 0. The number of carbonyl (C=O) groups excluding carboxylic acids is 1. The maximum atomic E-state index is 12.9. The third-order valence-electron chi connectivity index (χ3n) is 5.20. The number of aromatic nitrogens is 1. The number of benzene rings is 2. The minimum atomic E-state index is -0.0120. The van der Waals surface area contributed by atoms with E-state index < -0.39 is 0 Å². The second kappa shape index (κ2) is 10.0. The van der Waals surface area contributed by atoms with Crippen molar-refractivity contribution >= 4 is 16.8 Å². The highest BCUT2D eigenvalue weighted by Gasteiger charge is 2.14. The molecule has 0 saturated heterocycles. The number of hydrogen-bond acceptors (Lipinski definition) is 2. The first-order valence-corrected chi connectivity index (χ1v) is 10.4. The van der Waals surface area contributed by atoms with Crippen LogP contribution < -0.4 is 5.32 Å². The molecule has 3 nitrogen and oxygen atoms in total. The fourth-order valence-corrected chi connectivity index (χ4v) is 3.56. The van der Waals surface area contributed by atoms with E-state index in [9.17, 15) is 4.79 Å². The second-order valence-corrected chi connectivity index (χ2v) is 7.41. The highest BCUT2D eigenvalue weighted by atomic mass is 16.1. The Labute approximate surface area is 168 Å². The Morgan fingerprint density at radius 3 is 2.46 bits per heavy atom. The average molecular weight is 375 g/mol. The Kier molecular flexibility index (Phi) is 7.18. The number of aryl methyl sites for hydroxylation is 1. The number of fused-ring (bicyclic) bond motifs is 1. The summed E-state index contributed by atoms with van der Waals surface area (Å²) in [5, 5.41) is 4.01. The zero-order chi connectivity index (χ0) is 19.8. The lowest BCUT2D eigenvalue weighted by molar-refractivity contribution is 0.0954. The lowest BCUT2D eigenvalue weighted by Crippen LogP contribution is -2.24. The van der Waals surface area contributed by atoms with Crippen LogP contribution in [0.2, 0.25) is 0 Å². The Morgan fingerprint density at radius 2 is 1.64 bits per heavy atom. The molecule has 1 amide bonds. The summed E-state index contributed by atoms with van der Waals surface area (Å²) in [6.07, 6.45) is 7.31. The number of amides is 1. The lowest BCUT2D eigenvalue weighted by Gasteiger charge is -2.12. The maximum Gasteiger partial charge on any atom is 0.252 e. The van der Waals surface area contributed by atoms with Gasteiger partial charge in [-0.2, -0.15) is 0 Å². The summed E-state index contributed by atoms with van der Waals surface area (Å²) in [5.41, 5.74) is 4.63. The largest absolute Gasteiger partial charge is 0.352 e. The molecule has 0 bridgehead atoms. The molecule has 0 aliphatic rings. The van der Waals surface area contributed by atoms with Crippen LogP contribution in [0.25, 0.3) is 22.2 Å². The van der Waals surface area contributed by atoms with E-state index in [-0.39, 0.29) is 5.91 Å². The molecule has 0 aliphatic heterocycles. The Bertz CT molecular complexity index is 933. The van der Waals surface area contributed by atoms with Crippen LogP contribution in [0.4, 0.5) is 0 Å². The predicted octanol–water partition coefficient (Wildman–Crippen LogP) is 6.30. The van der Waals surface area contributed by atoms with Crippen LogP contribution in [0.3, 0.4) is 0 Å². The number of hydrogen-bond donors (Lipinski definition) is 1. The van der Waals surface area contributed by atoms with E-state index in [1.807, 2.05) is 42.5 Å². The summed E-state index contributed by atoms with van der Waals surface area (Å²) in [6.45, 7) is 5.02. The number of pyridine rings is 1. The lowest BCUT2D eigenvalue weighted by atomic mass is 10.0. The van der Waals surface area contributed by atoms with Gasteiger partial charge in [0.05, 0.1) is 16.8 Å². The Balaban J connectivity index is 1.78. The first kappa shape index (κ1) is 20.1. The van der Waals surface area contributed by atoms with Gasteiger partial charge in [0.15, 0.2) is 0 Å². The van der Waals surface area contributed by atoms with Crippen LogP contribution in [-0.4, -0.2) is 17.4 Å². The average Bonchev–Trinajstić information content (AvgIpc) is 2.72. The van der Waals surface area contributed by atoms with Gasteiger partial charge in [0.2, 0.25) is 0 Å². The van der Waals surface area contributed by atoms with Crippen LogP contribution in [0.1, 0.15) is 61.4 Å². The highest BCUT2D eigenvalue weighted by Crippen LogP contribution is 2.27. The second-order valence-electron chi connectivity index (χ2n) is 7.41. The van der Waals surface area contributed by atoms with Crippen molar-refractivity contribution in [3.63, 3.8) is 0 Å². The van der Waals surface area contributed by atoms with Crippen molar-refractivity contribution in [2.24, 2.45) is 0 Å². The molecule has 0 spiro atoms. The fourth-order valence-electron chi connectivity index (χ4n) is 3.56. The number of carbonyl (C=O) groups is 1. The molecule has 1 heterocycles. The molecule has 3 aromatic rings. The van der Waals surface area contributed by atoms with Crippen molar-refractivity contribution in [1.82, 2.24) is 10.3 Å². The molecule has 3 heteroatoms. The quantitative estimate of drug-likeness (QED) is 0.447. The van der Waals surface area contributed by atoms with E-state index in [0.717, 1.165) is 40.7 Å². The monoisotopic (exact) mass is 374 g/mol. The molecule has 1 aromatic heterocycles. The summed E-state index contributed by atoms with van der Waals surface area (Å²) in [5.74, 6) is -0.0120. The van der Waals surface area contributed by atoms with E-state index in [1.54, 1.807) is 0 Å². The van der Waals surface area contributed by atoms with Crippen molar-refractivity contribution in [2.45, 2.75) is 52.4 Å². The first-order chi connectivity index (χ1) is 13.7. The SMILES string of the molecule is CCCCCCCCNC(=O)c1cc(-c2ccccc2C)nc2ccccc12. The van der Waals surface area contributed by atoms with Crippen LogP contribution in [0.5, 0.6) is 0 Å². The van der Waals surface area contributed by atoms with Gasteiger partial charge in [-0.05, 0) is 31.0 Å². The van der Waals surface area contributed by atoms with Gasteiger partial charge in [0, 0.05) is 17.5 Å². The van der Waals surface area contributed by atoms with Crippen molar-refractivity contribution in [1.29, 1.82) is 0 Å². The van der Waals surface area contributed by atoms with Crippen LogP contribution in [0.15, 0.2) is 54.6 Å². The molecule has 0 unspecified atom stereocenters. The molecule has 0 aliphatic carbocycles. The van der Waals surface area contributed by atoms with Gasteiger partial charge in [-0.1, -0.05) is 81.5 Å².